The summed E-state index contributed by atoms with van der Waals surface area (Å²) in [6.45, 7) is 5.42. The number of β-lactam (4-membered cyclic amide) rings is 1. The van der Waals surface area contributed by atoms with Crippen LogP contribution in [0.25, 0.3) is 0 Å². The molecule has 2 aromatic rings. The van der Waals surface area contributed by atoms with E-state index in [0.29, 0.717) is 23.3 Å². The highest BCUT2D eigenvalue weighted by molar-refractivity contribution is 7.89. The van der Waals surface area contributed by atoms with Crippen molar-refractivity contribution in [1.29, 1.82) is 0 Å². The van der Waals surface area contributed by atoms with Crippen LogP contribution < -0.4 is 4.57 Å². The van der Waals surface area contributed by atoms with Crippen LogP contribution in [0.4, 0.5) is 0 Å². The van der Waals surface area contributed by atoms with Crippen molar-refractivity contribution in [3.8, 4) is 0 Å². The van der Waals surface area contributed by atoms with Crippen LogP contribution in [0.5, 0.6) is 0 Å². The van der Waals surface area contributed by atoms with Crippen molar-refractivity contribution in [3.05, 3.63) is 59.3 Å². The zero-order valence-corrected chi connectivity index (χ0v) is 21.9. The van der Waals surface area contributed by atoms with Crippen molar-refractivity contribution in [2.45, 2.75) is 50.8 Å². The van der Waals surface area contributed by atoms with Gasteiger partial charge in [-0.25, -0.2) is 13.9 Å². The van der Waals surface area contributed by atoms with Gasteiger partial charge in [-0.2, -0.15) is 17.9 Å². The van der Waals surface area contributed by atoms with E-state index in [1.54, 1.807) is 26.0 Å². The average Bonchev–Trinajstić information content (AvgIpc) is 3.34. The lowest BCUT2D eigenvalue weighted by Crippen LogP contribution is -2.63. The number of carbonyl (C=O) groups excluding carboxylic acids is 1. The van der Waals surface area contributed by atoms with E-state index in [-0.39, 0.29) is 17.1 Å². The van der Waals surface area contributed by atoms with Gasteiger partial charge in [0.2, 0.25) is 12.2 Å². The minimum absolute atomic E-state index is 0.112. The number of sulfonamides is 1. The lowest BCUT2D eigenvalue weighted by Gasteiger charge is -2.46. The third kappa shape index (κ3) is 3.95. The number of aliphatic carboxylic acids is 1. The number of carboxylic acids is 1. The van der Waals surface area contributed by atoms with Crippen LogP contribution in [0.1, 0.15) is 31.9 Å². The SMILES string of the molecule is CC1=NN(CC2=C(C(=O)O)N3C(=O)[C@H]([C@@H](C)O)[C@H]3[C@H]2C)S(=O)(=O)c2ccc(CCn3cc[n+](C)c3)cc21. The standard InChI is InChI=1S/C25H29N5O6S/c1-14-19(23(25(33)34)30-22(14)21(16(3)31)24(30)32)12-29-26-15(2)18-11-17(5-6-20(18)37(29,35)36)7-8-28-10-9-27(4)13-28/h5-6,9-11,13-14,16,21-22,31H,7-8,12H2,1-4H3/p+1/t14-,16+,21+,22+/m0/s1. The monoisotopic (exact) mass is 528 g/mol. The number of hydrazone groups is 1. The highest BCUT2D eigenvalue weighted by Gasteiger charge is 2.60. The maximum Gasteiger partial charge on any atom is 0.352 e. The molecule has 1 fully saturated rings. The molecule has 1 amide bonds. The molecular formula is C25H30N5O6S+. The molecule has 0 spiro atoms. The van der Waals surface area contributed by atoms with Crippen LogP contribution >= 0.6 is 0 Å². The summed E-state index contributed by atoms with van der Waals surface area (Å²) < 4.78 is 32.0. The second kappa shape index (κ2) is 8.80. The largest absolute Gasteiger partial charge is 0.477 e. The summed E-state index contributed by atoms with van der Waals surface area (Å²) in [7, 11) is -2.11. The van der Waals surface area contributed by atoms with E-state index in [1.807, 2.05) is 41.0 Å². The van der Waals surface area contributed by atoms with Gasteiger partial charge in [-0.05, 0) is 37.1 Å². The first kappa shape index (κ1) is 25.2. The van der Waals surface area contributed by atoms with Gasteiger partial charge < -0.3 is 15.1 Å². The predicted octanol–water partition coefficient (Wildman–Crippen LogP) is 0.480. The van der Waals surface area contributed by atoms with Gasteiger partial charge in [-0.1, -0.05) is 13.0 Å². The molecule has 0 unspecified atom stereocenters. The normalized spacial score (nSPS) is 24.9. The molecule has 0 bridgehead atoms. The third-order valence-corrected chi connectivity index (χ3v) is 9.23. The Hall–Kier alpha value is -3.51. The molecular weight excluding hydrogens is 498 g/mol. The van der Waals surface area contributed by atoms with E-state index >= 15 is 0 Å². The number of carbonyl (C=O) groups is 2. The summed E-state index contributed by atoms with van der Waals surface area (Å²) in [5.74, 6) is -2.95. The molecule has 0 radical (unpaired) electrons. The fourth-order valence-electron chi connectivity index (χ4n) is 5.64. The number of rotatable bonds is 7. The van der Waals surface area contributed by atoms with Gasteiger partial charge in [0.15, 0.2) is 0 Å². The van der Waals surface area contributed by atoms with Crippen molar-refractivity contribution >= 4 is 27.6 Å². The lowest BCUT2D eigenvalue weighted by atomic mass is 9.78. The van der Waals surface area contributed by atoms with E-state index in [4.69, 9.17) is 0 Å². The number of aliphatic hydroxyl groups is 1. The fourth-order valence-corrected chi connectivity index (χ4v) is 7.13. The second-order valence-electron chi connectivity index (χ2n) is 10.0. The van der Waals surface area contributed by atoms with Crippen molar-refractivity contribution in [2.24, 2.45) is 24.0 Å². The van der Waals surface area contributed by atoms with Crippen LogP contribution in [0, 0.1) is 11.8 Å². The highest BCUT2D eigenvalue weighted by Crippen LogP contribution is 2.47. The maximum atomic E-state index is 13.6. The molecule has 1 aromatic carbocycles. The van der Waals surface area contributed by atoms with Gasteiger partial charge in [-0.3, -0.25) is 4.79 Å². The van der Waals surface area contributed by atoms with E-state index in [2.05, 4.69) is 5.10 Å². The van der Waals surface area contributed by atoms with E-state index in [1.165, 1.54) is 11.8 Å². The number of aryl methyl sites for hydroxylation is 3. The minimum Gasteiger partial charge on any atom is -0.477 e. The summed E-state index contributed by atoms with van der Waals surface area (Å²) in [6.07, 6.45) is 5.66. The van der Waals surface area contributed by atoms with E-state index < -0.39 is 45.9 Å². The summed E-state index contributed by atoms with van der Waals surface area (Å²) in [5, 5.41) is 24.3. The Kier molecular flexibility index (Phi) is 5.99. The van der Waals surface area contributed by atoms with Gasteiger partial charge in [-0.15, -0.1) is 0 Å². The molecule has 1 saturated heterocycles. The average molecular weight is 529 g/mol. The van der Waals surface area contributed by atoms with E-state index in [0.717, 1.165) is 16.5 Å². The number of amides is 1. The van der Waals surface area contributed by atoms with Gasteiger partial charge >= 0.3 is 5.97 Å². The summed E-state index contributed by atoms with van der Waals surface area (Å²) in [4.78, 5) is 26.0. The maximum absolute atomic E-state index is 13.6. The first-order valence-electron chi connectivity index (χ1n) is 12.1. The number of carboxylic acid groups (broad SMARTS) is 1. The summed E-state index contributed by atoms with van der Waals surface area (Å²) in [5.41, 5.74) is 2.08. The fraction of sp³-hybridized carbons (Fsp3) is 0.440. The number of hydrogen-bond acceptors (Lipinski definition) is 6. The Morgan fingerprint density at radius 2 is 2.03 bits per heavy atom. The minimum atomic E-state index is -4.06. The predicted molar refractivity (Wildman–Crippen MR) is 131 cm³/mol. The Morgan fingerprint density at radius 3 is 2.65 bits per heavy atom. The third-order valence-electron chi connectivity index (χ3n) is 7.56. The van der Waals surface area contributed by atoms with Crippen molar-refractivity contribution in [3.63, 3.8) is 0 Å². The smallest absolute Gasteiger partial charge is 0.352 e. The van der Waals surface area contributed by atoms with Crippen LogP contribution in [0.2, 0.25) is 0 Å². The summed E-state index contributed by atoms with van der Waals surface area (Å²) in [6, 6.07) is 4.67. The second-order valence-corrected chi connectivity index (χ2v) is 11.8. The molecule has 1 aromatic heterocycles. The Balaban J connectivity index is 1.43. The zero-order valence-electron chi connectivity index (χ0n) is 21.1. The molecule has 2 N–H and O–H groups in total. The Labute approximate surface area is 215 Å². The molecule has 3 aliphatic heterocycles. The summed E-state index contributed by atoms with van der Waals surface area (Å²) >= 11 is 0. The van der Waals surface area contributed by atoms with Crippen molar-refractivity contribution in [2.75, 3.05) is 6.54 Å². The molecule has 5 rings (SSSR count). The Bertz CT molecular complexity index is 1470. The van der Waals surface area contributed by atoms with Crippen LogP contribution in [-0.4, -0.2) is 68.8 Å². The number of hydrogen-bond donors (Lipinski definition) is 2. The number of fused-ring (bicyclic) bond motifs is 2. The van der Waals surface area contributed by atoms with Crippen molar-refractivity contribution in [1.82, 2.24) is 13.9 Å². The van der Waals surface area contributed by atoms with Gasteiger partial charge in [0.1, 0.15) is 18.1 Å². The van der Waals surface area contributed by atoms with Gasteiger partial charge in [0, 0.05) is 17.9 Å². The molecule has 37 heavy (non-hydrogen) atoms. The number of aliphatic hydroxyl groups excluding tert-OH is 1. The molecule has 4 atom stereocenters. The highest BCUT2D eigenvalue weighted by atomic mass is 32.2. The number of nitrogens with zero attached hydrogens (tertiary/aromatic N) is 5. The molecule has 0 saturated carbocycles. The molecule has 4 heterocycles. The van der Waals surface area contributed by atoms with Crippen molar-refractivity contribution < 1.29 is 32.8 Å². The number of imidazole rings is 1. The first-order chi connectivity index (χ1) is 17.4. The Morgan fingerprint density at radius 1 is 1.30 bits per heavy atom. The molecule has 12 heteroatoms. The van der Waals surface area contributed by atoms with Crippen LogP contribution in [-0.2, 0) is 39.6 Å². The molecule has 11 nitrogen and oxygen atoms in total. The quantitative estimate of drug-likeness (QED) is 0.396. The van der Waals surface area contributed by atoms with Crippen LogP contribution in [0.15, 0.2) is 58.2 Å². The number of benzene rings is 1. The zero-order chi connectivity index (χ0) is 26.8. The molecule has 3 aliphatic rings. The lowest BCUT2D eigenvalue weighted by molar-refractivity contribution is -0.671. The van der Waals surface area contributed by atoms with Gasteiger partial charge in [0.25, 0.3) is 10.0 Å². The number of aromatic nitrogens is 2. The molecule has 0 aliphatic carbocycles. The van der Waals surface area contributed by atoms with E-state index in [9.17, 15) is 28.2 Å². The molecule has 196 valence electrons. The topological polar surface area (TPSA) is 136 Å². The van der Waals surface area contributed by atoms with Crippen LogP contribution in [0.3, 0.4) is 0 Å². The van der Waals surface area contributed by atoms with Gasteiger partial charge in [0.05, 0.1) is 48.8 Å². The first-order valence-corrected chi connectivity index (χ1v) is 13.6.